The smallest absolute Gasteiger partial charge is 0.379 e. The first-order valence-electron chi connectivity index (χ1n) is 7.99. The van der Waals surface area contributed by atoms with Crippen molar-refractivity contribution in [1.29, 1.82) is 0 Å². The van der Waals surface area contributed by atoms with Gasteiger partial charge < -0.3 is 14.1 Å². The summed E-state index contributed by atoms with van der Waals surface area (Å²) >= 11 is 0. The van der Waals surface area contributed by atoms with E-state index in [1.165, 1.54) is 0 Å². The minimum Gasteiger partial charge on any atom is -0.438 e. The monoisotopic (exact) mass is 307 g/mol. The lowest BCUT2D eigenvalue weighted by atomic mass is 10.3. The van der Waals surface area contributed by atoms with Crippen LogP contribution in [0.2, 0.25) is 0 Å². The van der Waals surface area contributed by atoms with E-state index < -0.39 is 0 Å². The van der Waals surface area contributed by atoms with Gasteiger partial charge >= 0.3 is 5.89 Å². The van der Waals surface area contributed by atoms with Gasteiger partial charge in [0.2, 0.25) is 11.5 Å². The molecule has 2 heterocycles. The second-order valence-electron chi connectivity index (χ2n) is 5.45. The third kappa shape index (κ3) is 2.18. The third-order valence-corrected chi connectivity index (χ3v) is 4.15. The van der Waals surface area contributed by atoms with Crippen LogP contribution in [0.4, 0.5) is 5.69 Å². The zero-order chi connectivity index (χ0) is 15.8. The molecule has 0 atom stereocenters. The molecule has 0 spiro atoms. The Morgan fingerprint density at radius 1 is 1.04 bits per heavy atom. The van der Waals surface area contributed by atoms with E-state index in [1.54, 1.807) is 0 Å². The van der Waals surface area contributed by atoms with Crippen LogP contribution in [0, 0.1) is 0 Å². The van der Waals surface area contributed by atoms with E-state index in [-0.39, 0.29) is 0 Å². The van der Waals surface area contributed by atoms with Gasteiger partial charge in [0.05, 0.1) is 5.69 Å². The van der Waals surface area contributed by atoms with Crippen molar-refractivity contribution in [3.8, 4) is 5.75 Å². The van der Waals surface area contributed by atoms with Gasteiger partial charge in [-0.1, -0.05) is 24.3 Å². The summed E-state index contributed by atoms with van der Waals surface area (Å²) in [6.45, 7) is 5.92. The first-order valence-corrected chi connectivity index (χ1v) is 7.99. The van der Waals surface area contributed by atoms with Crippen molar-refractivity contribution in [2.45, 2.75) is 20.4 Å². The molecule has 0 unspecified atom stereocenters. The van der Waals surface area contributed by atoms with Gasteiger partial charge in [0.25, 0.3) is 5.52 Å². The molecular weight excluding hydrogens is 288 g/mol. The Morgan fingerprint density at radius 3 is 2.65 bits per heavy atom. The highest BCUT2D eigenvalue weighted by molar-refractivity contribution is 5.72. The van der Waals surface area contributed by atoms with E-state index >= 15 is 0 Å². The number of aryl methyl sites for hydroxylation is 1. The van der Waals surface area contributed by atoms with Crippen LogP contribution in [-0.4, -0.2) is 6.54 Å². The van der Waals surface area contributed by atoms with Crippen LogP contribution in [0.3, 0.4) is 0 Å². The molecule has 116 valence electrons. The fraction of sp³-hybridized carbons (Fsp3) is 0.211. The Balaban J connectivity index is 1.82. The zero-order valence-electron chi connectivity index (χ0n) is 13.3. The van der Waals surface area contributed by atoms with Crippen LogP contribution in [0.1, 0.15) is 19.7 Å². The van der Waals surface area contributed by atoms with E-state index in [2.05, 4.69) is 35.4 Å². The van der Waals surface area contributed by atoms with Crippen molar-refractivity contribution in [2.24, 2.45) is 0 Å². The molecule has 0 fully saturated rings. The molecule has 0 bridgehead atoms. The second-order valence-corrected chi connectivity index (χ2v) is 5.45. The first kappa shape index (κ1) is 13.9. The Morgan fingerprint density at radius 2 is 1.83 bits per heavy atom. The number of oxazole rings is 1. The Bertz CT molecular complexity index is 895. The number of anilines is 1. The molecule has 2 aromatic carbocycles. The number of nitrogens with zero attached hydrogens (tertiary/aromatic N) is 2. The third-order valence-electron chi connectivity index (χ3n) is 4.15. The molecule has 0 aliphatic carbocycles. The molecule has 0 N–H and O–H groups in total. The van der Waals surface area contributed by atoms with Gasteiger partial charge in [0.1, 0.15) is 12.6 Å². The number of aromatic nitrogens is 1. The van der Waals surface area contributed by atoms with Crippen molar-refractivity contribution in [1.82, 2.24) is 0 Å². The number of hydrogen-bond acceptors (Lipinski definition) is 3. The SMILES string of the molecule is CCN1/C(=C/c2oc3ccccc3[n+]2CC)Oc2ccccc21. The highest BCUT2D eigenvalue weighted by atomic mass is 16.5. The van der Waals surface area contributed by atoms with Gasteiger partial charge in [-0.3, -0.25) is 0 Å². The van der Waals surface area contributed by atoms with Gasteiger partial charge in [-0.05, 0) is 32.0 Å². The van der Waals surface area contributed by atoms with Gasteiger partial charge in [-0.15, -0.1) is 0 Å². The summed E-state index contributed by atoms with van der Waals surface area (Å²) in [5.41, 5.74) is 3.08. The van der Waals surface area contributed by atoms with Crippen molar-refractivity contribution in [2.75, 3.05) is 11.4 Å². The van der Waals surface area contributed by atoms with E-state index in [0.29, 0.717) is 0 Å². The van der Waals surface area contributed by atoms with Crippen LogP contribution < -0.4 is 14.2 Å². The van der Waals surface area contributed by atoms with Crippen LogP contribution in [-0.2, 0) is 6.54 Å². The first-order chi connectivity index (χ1) is 11.3. The van der Waals surface area contributed by atoms with Crippen molar-refractivity contribution >= 4 is 22.9 Å². The Labute approximate surface area is 135 Å². The molecule has 0 saturated heterocycles. The Kier molecular flexibility index (Phi) is 3.30. The second kappa shape index (κ2) is 5.47. The zero-order valence-corrected chi connectivity index (χ0v) is 13.3. The predicted octanol–water partition coefficient (Wildman–Crippen LogP) is 3.96. The van der Waals surface area contributed by atoms with Crippen LogP contribution in [0.25, 0.3) is 17.2 Å². The average Bonchev–Trinajstić information content (AvgIpc) is 3.11. The van der Waals surface area contributed by atoms with Crippen LogP contribution in [0.15, 0.2) is 58.8 Å². The number of hydrogen-bond donors (Lipinski definition) is 0. The maximum Gasteiger partial charge on any atom is 0.379 e. The molecular formula is C19H19N2O2+. The van der Waals surface area contributed by atoms with Crippen molar-refractivity contribution in [3.05, 3.63) is 60.3 Å². The highest BCUT2D eigenvalue weighted by Gasteiger charge is 2.28. The number of rotatable bonds is 3. The number of ether oxygens (including phenoxy) is 1. The largest absolute Gasteiger partial charge is 0.438 e. The molecule has 1 aliphatic rings. The normalized spacial score (nSPS) is 15.2. The van der Waals surface area contributed by atoms with Crippen molar-refractivity contribution in [3.63, 3.8) is 0 Å². The molecule has 0 amide bonds. The fourth-order valence-corrected chi connectivity index (χ4v) is 3.08. The molecule has 1 aromatic heterocycles. The summed E-state index contributed by atoms with van der Waals surface area (Å²) in [6, 6.07) is 16.2. The number of para-hydroxylation sites is 4. The van der Waals surface area contributed by atoms with Gasteiger partial charge in [0, 0.05) is 12.6 Å². The quantitative estimate of drug-likeness (QED) is 0.686. The topological polar surface area (TPSA) is 29.5 Å². The minimum absolute atomic E-state index is 0.801. The van der Waals surface area contributed by atoms with E-state index in [0.717, 1.165) is 47.4 Å². The maximum absolute atomic E-state index is 6.02. The molecule has 0 radical (unpaired) electrons. The average molecular weight is 307 g/mol. The van der Waals surface area contributed by atoms with Gasteiger partial charge in [-0.25, -0.2) is 0 Å². The maximum atomic E-state index is 6.02. The molecule has 1 aliphatic heterocycles. The summed E-state index contributed by atoms with van der Waals surface area (Å²) in [5, 5.41) is 0. The molecule has 4 heteroatoms. The standard InChI is InChI=1S/C19H19N2O2/c1-3-20-14-9-5-7-11-16(14)22-18(20)13-19-21(4-2)15-10-6-8-12-17(15)23-19/h5-13H,3-4H2,1-2H3/q+1. The van der Waals surface area contributed by atoms with Crippen LogP contribution in [0.5, 0.6) is 5.75 Å². The lowest BCUT2D eigenvalue weighted by molar-refractivity contribution is -0.674. The van der Waals surface area contributed by atoms with E-state index in [4.69, 9.17) is 9.15 Å². The van der Waals surface area contributed by atoms with E-state index in [9.17, 15) is 0 Å². The molecule has 4 rings (SSSR count). The summed E-state index contributed by atoms with van der Waals surface area (Å²) in [6.07, 6.45) is 1.98. The highest BCUT2D eigenvalue weighted by Crippen LogP contribution is 2.38. The fourth-order valence-electron chi connectivity index (χ4n) is 3.08. The summed E-state index contributed by atoms with van der Waals surface area (Å²) in [4.78, 5) is 2.16. The summed E-state index contributed by atoms with van der Waals surface area (Å²) in [5.74, 6) is 2.49. The summed E-state index contributed by atoms with van der Waals surface area (Å²) in [7, 11) is 0. The lowest BCUT2D eigenvalue weighted by Gasteiger charge is -2.14. The lowest BCUT2D eigenvalue weighted by Crippen LogP contribution is -2.34. The Hall–Kier alpha value is -2.75. The molecule has 23 heavy (non-hydrogen) atoms. The number of benzene rings is 2. The van der Waals surface area contributed by atoms with E-state index in [1.807, 2.05) is 42.5 Å². The summed E-state index contributed by atoms with van der Waals surface area (Å²) < 4.78 is 14.2. The minimum atomic E-state index is 0.801. The molecule has 0 saturated carbocycles. The molecule has 4 nitrogen and oxygen atoms in total. The van der Waals surface area contributed by atoms with Gasteiger partial charge in [0.15, 0.2) is 5.75 Å². The van der Waals surface area contributed by atoms with Crippen molar-refractivity contribution < 1.29 is 13.7 Å². The predicted molar refractivity (Wildman–Crippen MR) is 90.2 cm³/mol. The molecule has 3 aromatic rings. The van der Waals surface area contributed by atoms with Crippen LogP contribution >= 0.6 is 0 Å². The number of fused-ring (bicyclic) bond motifs is 2. The van der Waals surface area contributed by atoms with Gasteiger partial charge in [-0.2, -0.15) is 4.57 Å².